The van der Waals surface area contributed by atoms with Gasteiger partial charge in [-0.2, -0.15) is 0 Å². The molecule has 3 rings (SSSR count). The number of unbranched alkanes of at least 4 members (excludes halogenated alkanes) is 15. The van der Waals surface area contributed by atoms with Crippen molar-refractivity contribution in [1.29, 1.82) is 0 Å². The second-order valence-corrected chi connectivity index (χ2v) is 19.5. The lowest BCUT2D eigenvalue weighted by Crippen LogP contribution is -2.49. The van der Waals surface area contributed by atoms with Crippen molar-refractivity contribution in [1.82, 2.24) is 4.31 Å². The highest BCUT2D eigenvalue weighted by Gasteiger charge is 2.43. The van der Waals surface area contributed by atoms with Gasteiger partial charge in [0.1, 0.15) is 11.5 Å². The monoisotopic (exact) mass is 812 g/mol. The van der Waals surface area contributed by atoms with Crippen LogP contribution in [0.5, 0.6) is 11.5 Å². The molecule has 0 aliphatic carbocycles. The second kappa shape index (κ2) is 23.5. The van der Waals surface area contributed by atoms with Crippen LogP contribution in [0.4, 0.5) is 5.69 Å². The first-order chi connectivity index (χ1) is 26.7. The van der Waals surface area contributed by atoms with Crippen LogP contribution in [-0.4, -0.2) is 63.4 Å². The molecule has 0 spiro atoms. The Bertz CT molecular complexity index is 1830. The molecule has 0 saturated carbocycles. The van der Waals surface area contributed by atoms with Crippen molar-refractivity contribution in [3.05, 3.63) is 78.9 Å². The molecule has 1 amide bonds. The molecule has 1 unspecified atom stereocenters. The molecule has 0 aliphatic rings. The quantitative estimate of drug-likeness (QED) is 0.0544. The first-order valence-corrected chi connectivity index (χ1v) is 23.4. The van der Waals surface area contributed by atoms with Gasteiger partial charge in [-0.3, -0.25) is 9.59 Å². The van der Waals surface area contributed by atoms with E-state index in [0.717, 1.165) is 19.3 Å². The Morgan fingerprint density at radius 2 is 1.12 bits per heavy atom. The Morgan fingerprint density at radius 3 is 1.61 bits per heavy atom. The number of amides is 1. The average molecular weight is 813 g/mol. The first kappa shape index (κ1) is 46.6. The zero-order valence-electron chi connectivity index (χ0n) is 33.9. The van der Waals surface area contributed by atoms with Crippen molar-refractivity contribution in [2.24, 2.45) is 5.41 Å². The fourth-order valence-electron chi connectivity index (χ4n) is 6.56. The van der Waals surface area contributed by atoms with Gasteiger partial charge in [-0.1, -0.05) is 135 Å². The molecule has 0 heterocycles. The fraction of sp³-hybridized carbons (Fsp3) is 0.545. The number of Topliss-reactive ketones (excluding diaryl/α,β-unsaturated/α-hetero) is 1. The molecule has 12 heteroatoms. The first-order valence-electron chi connectivity index (χ1n) is 20.3. The third-order valence-corrected chi connectivity index (χ3v) is 14.1. The topological polar surface area (TPSA) is 147 Å². The van der Waals surface area contributed by atoms with Crippen LogP contribution in [0.1, 0.15) is 124 Å². The molecule has 56 heavy (non-hydrogen) atoms. The van der Waals surface area contributed by atoms with Gasteiger partial charge in [0.25, 0.3) is 5.91 Å². The molecule has 1 atom stereocenters. The van der Waals surface area contributed by atoms with E-state index >= 15 is 0 Å². The molecule has 0 bridgehead atoms. The maximum Gasteiger partial charge on any atom is 0.273 e. The van der Waals surface area contributed by atoms with Gasteiger partial charge >= 0.3 is 0 Å². The van der Waals surface area contributed by atoms with Crippen molar-refractivity contribution in [2.75, 3.05) is 24.7 Å². The smallest absolute Gasteiger partial charge is 0.273 e. The fourth-order valence-corrected chi connectivity index (χ4v) is 9.51. The van der Waals surface area contributed by atoms with E-state index in [4.69, 9.17) is 4.74 Å². The molecule has 2 N–H and O–H groups in total. The molecule has 0 saturated heterocycles. The van der Waals surface area contributed by atoms with Crippen LogP contribution in [-0.2, 0) is 29.4 Å². The van der Waals surface area contributed by atoms with Crippen molar-refractivity contribution in [3.8, 4) is 11.5 Å². The number of phenols is 1. The number of aromatic hydroxyl groups is 1. The number of benzene rings is 3. The van der Waals surface area contributed by atoms with Gasteiger partial charge in [0.15, 0.2) is 5.78 Å². The largest absolute Gasteiger partial charge is 0.508 e. The molecule has 3 aromatic carbocycles. The molecule has 0 radical (unpaired) electrons. The molecule has 0 aromatic heterocycles. The average Bonchev–Trinajstić information content (AvgIpc) is 3.16. The molecular formula is C44H64N2O8S2. The third-order valence-electron chi connectivity index (χ3n) is 10.1. The molecule has 310 valence electrons. The summed E-state index contributed by atoms with van der Waals surface area (Å²) >= 11 is 0. The number of ether oxygens (including phenoxy) is 1. The Labute approximate surface area is 336 Å². The van der Waals surface area contributed by atoms with Crippen LogP contribution in [0.25, 0.3) is 0 Å². The number of para-hydroxylation sites is 1. The van der Waals surface area contributed by atoms with E-state index in [1.165, 1.54) is 151 Å². The summed E-state index contributed by atoms with van der Waals surface area (Å²) in [4.78, 5) is 27.6. The molecule has 0 aliphatic heterocycles. The van der Waals surface area contributed by atoms with Gasteiger partial charge in [0.05, 0.1) is 15.5 Å². The Balaban J connectivity index is 1.53. The SMILES string of the molecule is CCCCCCCCCCCCCCCCCCN(C)S(=O)(=O)CC(C)(C)C(=O)C(Oc1ccc(S(=O)(=O)c2ccc(O)cc2)cc1)C(=O)Nc1ccccc1. The van der Waals surface area contributed by atoms with E-state index in [1.807, 2.05) is 0 Å². The van der Waals surface area contributed by atoms with Crippen LogP contribution < -0.4 is 10.1 Å². The summed E-state index contributed by atoms with van der Waals surface area (Å²) in [6, 6.07) is 18.8. The molecule has 10 nitrogen and oxygen atoms in total. The van der Waals surface area contributed by atoms with Crippen LogP contribution >= 0.6 is 0 Å². The standard InChI is InChI=1S/C44H64N2O8S2/c1-5-6-7-8-9-10-11-12-13-14-15-16-17-18-19-23-34-46(4)55(50,51)35-44(2,3)42(48)41(43(49)45-36-24-21-20-22-25-36)54-38-28-32-40(33-29-38)56(52,53)39-30-26-37(47)27-31-39/h20-22,24-33,41,47H,5-19,23,34-35H2,1-4H3,(H,45,49). The zero-order valence-corrected chi connectivity index (χ0v) is 35.5. The minimum atomic E-state index is -3.93. The minimum Gasteiger partial charge on any atom is -0.508 e. The van der Waals surface area contributed by atoms with E-state index in [2.05, 4.69) is 12.2 Å². The molecular weight excluding hydrogens is 749 g/mol. The number of nitrogens with zero attached hydrogens (tertiary/aromatic N) is 1. The number of ketones is 1. The number of nitrogens with one attached hydrogen (secondary N) is 1. The van der Waals surface area contributed by atoms with E-state index in [1.54, 1.807) is 30.3 Å². The maximum atomic E-state index is 14.1. The number of hydrogen-bond acceptors (Lipinski definition) is 8. The maximum absolute atomic E-state index is 14.1. The highest BCUT2D eigenvalue weighted by atomic mass is 32.2. The number of sulfone groups is 1. The van der Waals surface area contributed by atoms with Crippen molar-refractivity contribution in [3.63, 3.8) is 0 Å². The van der Waals surface area contributed by atoms with Crippen LogP contribution in [0.15, 0.2) is 88.7 Å². The van der Waals surface area contributed by atoms with Gasteiger partial charge in [0.2, 0.25) is 26.0 Å². The number of anilines is 1. The lowest BCUT2D eigenvalue weighted by Gasteiger charge is -2.29. The highest BCUT2D eigenvalue weighted by molar-refractivity contribution is 7.91. The summed E-state index contributed by atoms with van der Waals surface area (Å²) in [7, 11) is -6.30. The normalized spacial score (nSPS) is 12.7. The third kappa shape index (κ3) is 15.7. The Hall–Kier alpha value is -3.74. The predicted octanol–water partition coefficient (Wildman–Crippen LogP) is 9.73. The summed E-state index contributed by atoms with van der Waals surface area (Å²) in [5.74, 6) is -2.11. The summed E-state index contributed by atoms with van der Waals surface area (Å²) < 4.78 is 60.5. The van der Waals surface area contributed by atoms with Crippen LogP contribution in [0.2, 0.25) is 0 Å². The second-order valence-electron chi connectivity index (χ2n) is 15.5. The number of rotatable bonds is 28. The zero-order chi connectivity index (χ0) is 41.0. The lowest BCUT2D eigenvalue weighted by atomic mass is 9.86. The number of carbonyl (C=O) groups is 2. The van der Waals surface area contributed by atoms with E-state index < -0.39 is 48.8 Å². The summed E-state index contributed by atoms with van der Waals surface area (Å²) in [6.07, 6.45) is 17.9. The summed E-state index contributed by atoms with van der Waals surface area (Å²) in [6.45, 7) is 5.55. The number of carbonyl (C=O) groups excluding carboxylic acids is 2. The summed E-state index contributed by atoms with van der Waals surface area (Å²) in [5.41, 5.74) is -1.11. The number of hydrogen-bond donors (Lipinski definition) is 2. The van der Waals surface area contributed by atoms with Gasteiger partial charge in [-0.15, -0.1) is 0 Å². The van der Waals surface area contributed by atoms with Gasteiger partial charge in [-0.05, 0) is 67.1 Å². The van der Waals surface area contributed by atoms with Crippen LogP contribution in [0.3, 0.4) is 0 Å². The molecule has 3 aromatic rings. The Kier molecular flexibility index (Phi) is 19.6. The van der Waals surface area contributed by atoms with Crippen molar-refractivity contribution < 1.29 is 36.3 Å². The van der Waals surface area contributed by atoms with E-state index in [0.29, 0.717) is 18.7 Å². The van der Waals surface area contributed by atoms with Gasteiger partial charge in [0, 0.05) is 24.7 Å². The highest BCUT2D eigenvalue weighted by Crippen LogP contribution is 2.28. The van der Waals surface area contributed by atoms with Crippen molar-refractivity contribution >= 4 is 37.2 Å². The van der Waals surface area contributed by atoms with E-state index in [-0.39, 0.29) is 21.3 Å². The minimum absolute atomic E-state index is 0.0259. The van der Waals surface area contributed by atoms with Crippen LogP contribution in [0, 0.1) is 5.41 Å². The Morgan fingerprint density at radius 1 is 0.679 bits per heavy atom. The lowest BCUT2D eigenvalue weighted by molar-refractivity contribution is -0.140. The van der Waals surface area contributed by atoms with Gasteiger partial charge in [-0.25, -0.2) is 21.1 Å². The summed E-state index contributed by atoms with van der Waals surface area (Å²) in [5, 5.41) is 12.2. The predicted molar refractivity (Wildman–Crippen MR) is 224 cm³/mol. The number of phenolic OH excluding ortho intramolecular Hbond substituents is 1. The van der Waals surface area contributed by atoms with Gasteiger partial charge < -0.3 is 15.2 Å². The number of sulfonamides is 1. The van der Waals surface area contributed by atoms with Crippen molar-refractivity contribution in [2.45, 2.75) is 139 Å². The molecule has 0 fully saturated rings. The van der Waals surface area contributed by atoms with E-state index in [9.17, 15) is 31.5 Å².